The molecule has 0 saturated carbocycles. The van der Waals surface area contributed by atoms with Gasteiger partial charge in [-0.25, -0.2) is 9.18 Å². The smallest absolute Gasteiger partial charge is 0.316 e. The van der Waals surface area contributed by atoms with Crippen molar-refractivity contribution in [2.24, 2.45) is 11.7 Å². The van der Waals surface area contributed by atoms with Crippen molar-refractivity contribution < 1.29 is 18.7 Å². The van der Waals surface area contributed by atoms with Crippen molar-refractivity contribution in [3.8, 4) is 5.75 Å². The maximum atomic E-state index is 13.1. The normalized spacial score (nSPS) is 18.7. The van der Waals surface area contributed by atoms with Crippen LogP contribution in [0.4, 0.5) is 14.9 Å². The van der Waals surface area contributed by atoms with Crippen LogP contribution < -0.4 is 15.8 Å². The largest absolute Gasteiger partial charge is 0.482 e. The summed E-state index contributed by atoms with van der Waals surface area (Å²) in [7, 11) is 0. The van der Waals surface area contributed by atoms with Crippen molar-refractivity contribution in [1.82, 2.24) is 4.90 Å². The van der Waals surface area contributed by atoms with E-state index in [2.05, 4.69) is 5.32 Å². The molecule has 0 aromatic heterocycles. The van der Waals surface area contributed by atoms with Gasteiger partial charge in [-0.05, 0) is 68.0 Å². The van der Waals surface area contributed by atoms with Gasteiger partial charge in [0, 0.05) is 17.6 Å². The molecule has 1 fully saturated rings. The number of ether oxygens (including phenoxy) is 1. The number of anilines is 1. The van der Waals surface area contributed by atoms with E-state index in [9.17, 15) is 14.0 Å². The van der Waals surface area contributed by atoms with Crippen LogP contribution in [0.1, 0.15) is 25.3 Å². The Kier molecular flexibility index (Phi) is 7.15. The lowest BCUT2D eigenvalue weighted by molar-refractivity contribution is -0.137. The van der Waals surface area contributed by atoms with Gasteiger partial charge in [0.2, 0.25) is 0 Å². The van der Waals surface area contributed by atoms with Gasteiger partial charge < -0.3 is 20.7 Å². The van der Waals surface area contributed by atoms with Crippen molar-refractivity contribution in [2.45, 2.75) is 32.2 Å². The number of rotatable bonds is 6. The number of piperidine rings is 1. The molecule has 8 heteroatoms. The maximum Gasteiger partial charge on any atom is 0.316 e. The fraction of sp³-hybridized carbons (Fsp3) is 0.364. The molecule has 0 bridgehead atoms. The Morgan fingerprint density at radius 2 is 2.00 bits per heavy atom. The SMILES string of the molecule is C[C@@H]1C[C@H](Cc2ccc(F)cc2)CCN1C(=O)COc1ccc(Cl)cc1NC(N)=O. The molecule has 3 amide bonds. The second-order valence-corrected chi connectivity index (χ2v) is 8.01. The third kappa shape index (κ3) is 5.86. The van der Waals surface area contributed by atoms with Gasteiger partial charge in [-0.1, -0.05) is 23.7 Å². The summed E-state index contributed by atoms with van der Waals surface area (Å²) in [5.41, 5.74) is 6.59. The van der Waals surface area contributed by atoms with Crippen LogP contribution in [0.5, 0.6) is 5.75 Å². The summed E-state index contributed by atoms with van der Waals surface area (Å²) in [5, 5.41) is 2.85. The molecule has 160 valence electrons. The van der Waals surface area contributed by atoms with E-state index in [4.69, 9.17) is 22.1 Å². The standard InChI is InChI=1S/C22H25ClFN3O3/c1-14-10-16(11-15-2-5-18(24)6-3-15)8-9-27(14)21(28)13-30-20-7-4-17(23)12-19(20)26-22(25)29/h2-7,12,14,16H,8-11,13H2,1H3,(H3,25,26,29)/t14-,16-/m1/s1. The van der Waals surface area contributed by atoms with E-state index in [-0.39, 0.29) is 24.4 Å². The topological polar surface area (TPSA) is 84.7 Å². The van der Waals surface area contributed by atoms with Crippen LogP contribution in [0.15, 0.2) is 42.5 Å². The Bertz CT molecular complexity index is 907. The predicted octanol–water partition coefficient (Wildman–Crippen LogP) is 4.22. The van der Waals surface area contributed by atoms with Crippen LogP contribution in [0.3, 0.4) is 0 Å². The van der Waals surface area contributed by atoms with E-state index in [1.807, 2.05) is 24.0 Å². The summed E-state index contributed by atoms with van der Waals surface area (Å²) < 4.78 is 18.7. The van der Waals surface area contributed by atoms with E-state index in [0.29, 0.717) is 28.9 Å². The van der Waals surface area contributed by atoms with Crippen molar-refractivity contribution in [2.75, 3.05) is 18.5 Å². The number of hydrogen-bond donors (Lipinski definition) is 2. The first kappa shape index (κ1) is 21.9. The molecule has 1 aliphatic heterocycles. The van der Waals surface area contributed by atoms with Crippen molar-refractivity contribution in [3.63, 3.8) is 0 Å². The van der Waals surface area contributed by atoms with Gasteiger partial charge in [0.05, 0.1) is 5.69 Å². The summed E-state index contributed by atoms with van der Waals surface area (Å²) in [4.78, 5) is 25.7. The van der Waals surface area contributed by atoms with E-state index >= 15 is 0 Å². The van der Waals surface area contributed by atoms with Crippen molar-refractivity contribution in [1.29, 1.82) is 0 Å². The number of urea groups is 1. The lowest BCUT2D eigenvalue weighted by Crippen LogP contribution is -2.46. The number of benzene rings is 2. The minimum atomic E-state index is -0.745. The fourth-order valence-electron chi connectivity index (χ4n) is 3.86. The van der Waals surface area contributed by atoms with Crippen LogP contribution >= 0.6 is 11.6 Å². The first-order chi connectivity index (χ1) is 14.3. The molecule has 1 aliphatic rings. The number of carbonyl (C=O) groups is 2. The van der Waals surface area contributed by atoms with Gasteiger partial charge >= 0.3 is 6.03 Å². The number of nitrogens with two attached hydrogens (primary N) is 1. The molecule has 0 aliphatic carbocycles. The molecule has 0 radical (unpaired) electrons. The Labute approximate surface area is 180 Å². The van der Waals surface area contributed by atoms with Gasteiger partial charge in [-0.3, -0.25) is 4.79 Å². The van der Waals surface area contributed by atoms with E-state index < -0.39 is 6.03 Å². The molecular weight excluding hydrogens is 409 g/mol. The summed E-state index contributed by atoms with van der Waals surface area (Å²) in [6.45, 7) is 2.52. The fourth-order valence-corrected chi connectivity index (χ4v) is 4.03. The number of amides is 3. The van der Waals surface area contributed by atoms with E-state index in [1.54, 1.807) is 12.1 Å². The van der Waals surface area contributed by atoms with Crippen molar-refractivity contribution >= 4 is 29.2 Å². The number of hydrogen-bond acceptors (Lipinski definition) is 3. The third-order valence-electron chi connectivity index (χ3n) is 5.29. The molecule has 0 spiro atoms. The lowest BCUT2D eigenvalue weighted by atomic mass is 9.86. The zero-order chi connectivity index (χ0) is 21.7. The number of primary amides is 1. The Hall–Kier alpha value is -2.80. The van der Waals surface area contributed by atoms with Crippen LogP contribution in [-0.2, 0) is 11.2 Å². The van der Waals surface area contributed by atoms with Gasteiger partial charge in [0.1, 0.15) is 11.6 Å². The average molecular weight is 434 g/mol. The molecular formula is C22H25ClFN3O3. The van der Waals surface area contributed by atoms with E-state index in [1.165, 1.54) is 18.2 Å². The summed E-state index contributed by atoms with van der Waals surface area (Å²) >= 11 is 5.94. The quantitative estimate of drug-likeness (QED) is 0.715. The van der Waals surface area contributed by atoms with Crippen LogP contribution in [0, 0.1) is 11.7 Å². The van der Waals surface area contributed by atoms with Gasteiger partial charge in [-0.15, -0.1) is 0 Å². The molecule has 1 saturated heterocycles. The number of nitrogens with one attached hydrogen (secondary N) is 1. The molecule has 1 heterocycles. The Morgan fingerprint density at radius 3 is 2.67 bits per heavy atom. The average Bonchev–Trinajstić information content (AvgIpc) is 2.68. The molecule has 2 aromatic rings. The van der Waals surface area contributed by atoms with Crippen LogP contribution in [0.25, 0.3) is 0 Å². The second-order valence-electron chi connectivity index (χ2n) is 7.58. The van der Waals surface area contributed by atoms with Gasteiger partial charge in [-0.2, -0.15) is 0 Å². The summed E-state index contributed by atoms with van der Waals surface area (Å²) in [6, 6.07) is 10.6. The molecule has 3 rings (SSSR count). The number of carbonyl (C=O) groups excluding carboxylic acids is 2. The zero-order valence-electron chi connectivity index (χ0n) is 16.7. The minimum Gasteiger partial charge on any atom is -0.482 e. The predicted molar refractivity (Wildman–Crippen MR) is 114 cm³/mol. The zero-order valence-corrected chi connectivity index (χ0v) is 17.5. The lowest BCUT2D eigenvalue weighted by Gasteiger charge is -2.37. The highest BCUT2D eigenvalue weighted by atomic mass is 35.5. The first-order valence-corrected chi connectivity index (χ1v) is 10.2. The molecule has 2 atom stereocenters. The van der Waals surface area contributed by atoms with Gasteiger partial charge in [0.25, 0.3) is 5.91 Å². The number of likely N-dealkylation sites (tertiary alicyclic amines) is 1. The Morgan fingerprint density at radius 1 is 1.27 bits per heavy atom. The summed E-state index contributed by atoms with van der Waals surface area (Å²) in [5.74, 6) is 0.411. The maximum absolute atomic E-state index is 13.1. The first-order valence-electron chi connectivity index (χ1n) is 9.84. The number of nitrogens with zero attached hydrogens (tertiary/aromatic N) is 1. The summed E-state index contributed by atoms with van der Waals surface area (Å²) in [6.07, 6.45) is 2.62. The second kappa shape index (κ2) is 9.80. The monoisotopic (exact) mass is 433 g/mol. The Balaban J connectivity index is 1.54. The van der Waals surface area contributed by atoms with Gasteiger partial charge in [0.15, 0.2) is 6.61 Å². The number of halogens is 2. The third-order valence-corrected chi connectivity index (χ3v) is 5.53. The molecule has 30 heavy (non-hydrogen) atoms. The highest BCUT2D eigenvalue weighted by molar-refractivity contribution is 6.31. The highest BCUT2D eigenvalue weighted by Gasteiger charge is 2.29. The minimum absolute atomic E-state index is 0.0775. The van der Waals surface area contributed by atoms with E-state index in [0.717, 1.165) is 24.8 Å². The molecule has 6 nitrogen and oxygen atoms in total. The van der Waals surface area contributed by atoms with Crippen molar-refractivity contribution in [3.05, 3.63) is 58.9 Å². The highest BCUT2D eigenvalue weighted by Crippen LogP contribution is 2.29. The van der Waals surface area contributed by atoms with Crippen LogP contribution in [0.2, 0.25) is 5.02 Å². The molecule has 3 N–H and O–H groups in total. The molecule has 2 aromatic carbocycles. The molecule has 0 unspecified atom stereocenters. The van der Waals surface area contributed by atoms with Crippen LogP contribution in [-0.4, -0.2) is 36.0 Å².